The smallest absolute Gasteiger partial charge is 0.394 e. The van der Waals surface area contributed by atoms with E-state index in [0.29, 0.717) is 0 Å². The van der Waals surface area contributed by atoms with Crippen LogP contribution < -0.4 is 5.90 Å². The van der Waals surface area contributed by atoms with E-state index < -0.39 is 77.5 Å². The van der Waals surface area contributed by atoms with E-state index in [4.69, 9.17) is 23.0 Å². The Kier molecular flexibility index (Phi) is 8.27. The predicted molar refractivity (Wildman–Crippen MR) is 94.1 cm³/mol. The van der Waals surface area contributed by atoms with Crippen LogP contribution in [0.4, 0.5) is 0 Å². The first-order chi connectivity index (χ1) is 12.9. The van der Waals surface area contributed by atoms with Gasteiger partial charge in [0.05, 0.1) is 25.2 Å². The van der Waals surface area contributed by atoms with Crippen LogP contribution in [0, 0.1) is 0 Å². The maximum Gasteiger partial charge on any atom is 0.489 e. The minimum absolute atomic E-state index is 0.567. The molecule has 0 bridgehead atoms. The molecule has 6 unspecified atom stereocenters. The van der Waals surface area contributed by atoms with E-state index >= 15 is 0 Å². The lowest BCUT2D eigenvalue weighted by Crippen LogP contribution is -2.38. The van der Waals surface area contributed by atoms with Crippen molar-refractivity contribution < 1.29 is 61.9 Å². The van der Waals surface area contributed by atoms with Gasteiger partial charge in [0.15, 0.2) is 0 Å². The molecule has 14 nitrogen and oxygen atoms in total. The Morgan fingerprint density at radius 3 is 1.89 bits per heavy atom. The molecule has 0 aromatic carbocycles. The summed E-state index contributed by atoms with van der Waals surface area (Å²) < 4.78 is 52.4. The molecule has 2 heterocycles. The van der Waals surface area contributed by atoms with E-state index in [9.17, 15) is 34.2 Å². The highest BCUT2D eigenvalue weighted by molar-refractivity contribution is 7.47. The first-order valence-electron chi connectivity index (χ1n) is 8.24. The lowest BCUT2D eigenvalue weighted by molar-refractivity contribution is -0.0333. The molecule has 0 saturated carbocycles. The Hall–Kier alpha value is 0.110. The van der Waals surface area contributed by atoms with Gasteiger partial charge in [-0.1, -0.05) is 0 Å². The molecule has 2 aliphatic rings. The molecule has 0 aliphatic carbocycles. The van der Waals surface area contributed by atoms with E-state index in [0.717, 1.165) is 0 Å². The van der Waals surface area contributed by atoms with Crippen LogP contribution in [0.25, 0.3) is 0 Å². The van der Waals surface area contributed by atoms with E-state index in [1.54, 1.807) is 0 Å². The standard InChI is InChI=1S/C10H23B2NO13P2/c11-9-5(15)7(3(1-14)22-9)24-27(17,18)21-2-4-8(6(16)10(12)23-4)25-28(19,20)26-13/h3-10,14-16H,1-2,11-13H2,(H,17,18)(H,19,20)/t3-,4-,5?,6?,7?,8?,9-,10-/m1/s1. The van der Waals surface area contributed by atoms with E-state index in [-0.39, 0.29) is 0 Å². The Balaban J connectivity index is 2.00. The van der Waals surface area contributed by atoms with Crippen molar-refractivity contribution in [3.8, 4) is 0 Å². The molecule has 28 heavy (non-hydrogen) atoms. The Morgan fingerprint density at radius 2 is 1.39 bits per heavy atom. The van der Waals surface area contributed by atoms with Gasteiger partial charge in [-0.25, -0.2) is 19.7 Å². The number of aliphatic hydroxyl groups excluding tert-OH is 3. The number of nitrogens with two attached hydrogens (primary N) is 1. The second kappa shape index (κ2) is 9.50. The zero-order chi connectivity index (χ0) is 21.3. The van der Waals surface area contributed by atoms with Gasteiger partial charge in [-0.3, -0.25) is 13.6 Å². The van der Waals surface area contributed by atoms with Crippen LogP contribution in [0.15, 0.2) is 0 Å². The molecule has 162 valence electrons. The molecule has 7 N–H and O–H groups in total. The van der Waals surface area contributed by atoms with Crippen LogP contribution in [0.1, 0.15) is 0 Å². The van der Waals surface area contributed by atoms with Crippen LogP contribution in [0.2, 0.25) is 0 Å². The average Bonchev–Trinajstić information content (AvgIpc) is 3.04. The lowest BCUT2D eigenvalue weighted by Gasteiger charge is -2.25. The number of ether oxygens (including phenoxy) is 2. The second-order valence-electron chi connectivity index (χ2n) is 6.40. The van der Waals surface area contributed by atoms with Crippen molar-refractivity contribution in [1.29, 1.82) is 0 Å². The molecule has 0 aromatic rings. The van der Waals surface area contributed by atoms with Gasteiger partial charge in [-0.05, 0) is 0 Å². The molecule has 0 spiro atoms. The molecule has 2 aliphatic heterocycles. The van der Waals surface area contributed by atoms with Crippen molar-refractivity contribution >= 4 is 31.3 Å². The van der Waals surface area contributed by atoms with E-state index in [1.807, 2.05) is 0 Å². The minimum Gasteiger partial charge on any atom is -0.394 e. The zero-order valence-corrected chi connectivity index (χ0v) is 16.8. The van der Waals surface area contributed by atoms with Crippen LogP contribution in [0.5, 0.6) is 0 Å². The second-order valence-corrected chi connectivity index (χ2v) is 9.17. The van der Waals surface area contributed by atoms with Crippen molar-refractivity contribution in [2.24, 2.45) is 5.90 Å². The summed E-state index contributed by atoms with van der Waals surface area (Å²) in [5.41, 5.74) is 0. The van der Waals surface area contributed by atoms with Gasteiger partial charge in [0, 0.05) is 0 Å². The highest BCUT2D eigenvalue weighted by Crippen LogP contribution is 2.49. The molecule has 10 atom stereocenters. The summed E-state index contributed by atoms with van der Waals surface area (Å²) >= 11 is 0. The van der Waals surface area contributed by atoms with Gasteiger partial charge in [0.25, 0.3) is 0 Å². The molecule has 18 heteroatoms. The van der Waals surface area contributed by atoms with Crippen molar-refractivity contribution in [2.75, 3.05) is 13.2 Å². The van der Waals surface area contributed by atoms with Crippen molar-refractivity contribution in [1.82, 2.24) is 0 Å². The molecule has 0 aromatic heterocycles. The number of rotatable bonds is 9. The Labute approximate surface area is 161 Å². The number of phosphoric ester groups is 2. The van der Waals surface area contributed by atoms with Crippen molar-refractivity contribution in [2.45, 2.75) is 48.6 Å². The summed E-state index contributed by atoms with van der Waals surface area (Å²) in [6.45, 7) is -1.25. The summed E-state index contributed by atoms with van der Waals surface area (Å²) in [6.07, 6.45) is -7.75. The third-order valence-electron chi connectivity index (χ3n) is 4.37. The SMILES string of the molecule is B[C@@H]1O[C@H](COP(=O)(O)OC2C(O)[C@H](B)O[C@@H]2CO)C(OP(=O)(O)ON)C1O. The predicted octanol–water partition coefficient (Wildman–Crippen LogP) is -4.71. The monoisotopic (exact) mass is 449 g/mol. The quantitative estimate of drug-likeness (QED) is 0.111. The van der Waals surface area contributed by atoms with Crippen molar-refractivity contribution in [3.63, 3.8) is 0 Å². The van der Waals surface area contributed by atoms with Crippen LogP contribution in [-0.4, -0.2) is 103 Å². The zero-order valence-electron chi connectivity index (χ0n) is 15.0. The summed E-state index contributed by atoms with van der Waals surface area (Å²) in [7, 11) is -6.56. The summed E-state index contributed by atoms with van der Waals surface area (Å²) in [5, 5.41) is 29.2. The molecule has 2 fully saturated rings. The van der Waals surface area contributed by atoms with Crippen LogP contribution in [0.3, 0.4) is 0 Å². The fourth-order valence-electron chi connectivity index (χ4n) is 2.91. The maximum absolute atomic E-state index is 12.2. The van der Waals surface area contributed by atoms with E-state index in [1.165, 1.54) is 15.7 Å². The van der Waals surface area contributed by atoms with Gasteiger partial charge in [-0.2, -0.15) is 0 Å². The molecule has 2 saturated heterocycles. The van der Waals surface area contributed by atoms with Gasteiger partial charge in [0.1, 0.15) is 52.3 Å². The molecular weight excluding hydrogens is 426 g/mol. The first kappa shape index (κ1) is 24.4. The molecular formula is C10H23B2NO13P2. The van der Waals surface area contributed by atoms with Gasteiger partial charge >= 0.3 is 15.6 Å². The molecule has 2 rings (SSSR count). The fraction of sp³-hybridized carbons (Fsp3) is 1.00. The minimum atomic E-state index is -4.79. The highest BCUT2D eigenvalue weighted by atomic mass is 31.2. The normalized spacial score (nSPS) is 42.9. The fourth-order valence-corrected chi connectivity index (χ4v) is 4.50. The summed E-state index contributed by atoms with van der Waals surface area (Å²) in [6, 6.07) is -1.61. The largest absolute Gasteiger partial charge is 0.489 e. The van der Waals surface area contributed by atoms with Gasteiger partial charge in [0.2, 0.25) is 0 Å². The van der Waals surface area contributed by atoms with E-state index in [2.05, 4.69) is 10.5 Å². The average molecular weight is 449 g/mol. The number of phosphoric acid groups is 2. The molecule has 0 radical (unpaired) electrons. The summed E-state index contributed by atoms with van der Waals surface area (Å²) in [5.74, 6) is 4.64. The highest BCUT2D eigenvalue weighted by Gasteiger charge is 2.49. The maximum atomic E-state index is 12.2. The van der Waals surface area contributed by atoms with Gasteiger partial charge in [-0.15, -0.1) is 0 Å². The Morgan fingerprint density at radius 1 is 0.929 bits per heavy atom. The number of hydrogen-bond acceptors (Lipinski definition) is 12. The lowest BCUT2D eigenvalue weighted by atomic mass is 9.93. The first-order valence-corrected chi connectivity index (χ1v) is 11.2. The summed E-state index contributed by atoms with van der Waals surface area (Å²) in [4.78, 5) is 19.2. The van der Waals surface area contributed by atoms with Crippen LogP contribution >= 0.6 is 15.6 Å². The van der Waals surface area contributed by atoms with Crippen LogP contribution in [-0.2, 0) is 36.8 Å². The van der Waals surface area contributed by atoms with Gasteiger partial charge < -0.3 is 34.6 Å². The number of hydrogen-bond donors (Lipinski definition) is 6. The Bertz CT molecular complexity index is 630. The topological polar surface area (TPSA) is 217 Å². The molecule has 0 amide bonds. The van der Waals surface area contributed by atoms with Crippen molar-refractivity contribution in [3.05, 3.63) is 0 Å². The number of aliphatic hydroxyl groups is 3. The third kappa shape index (κ3) is 5.84. The third-order valence-corrected chi connectivity index (χ3v) is 6.13.